The highest BCUT2D eigenvalue weighted by atomic mass is 127. The summed E-state index contributed by atoms with van der Waals surface area (Å²) < 4.78 is 29.4. The van der Waals surface area contributed by atoms with Gasteiger partial charge in [0.15, 0.2) is 0 Å². The van der Waals surface area contributed by atoms with Gasteiger partial charge in [-0.05, 0) is 69.3 Å². The monoisotopic (exact) mass is 429 g/mol. The van der Waals surface area contributed by atoms with Crippen molar-refractivity contribution in [1.82, 2.24) is 4.72 Å². The zero-order valence-electron chi connectivity index (χ0n) is 10.9. The highest BCUT2D eigenvalue weighted by Crippen LogP contribution is 2.25. The van der Waals surface area contributed by atoms with Gasteiger partial charge in [-0.1, -0.05) is 18.2 Å². The lowest BCUT2D eigenvalue weighted by Gasteiger charge is -2.06. The molecule has 3 rings (SSSR count). The van der Waals surface area contributed by atoms with E-state index in [1.165, 1.54) is 4.70 Å². The maximum absolute atomic E-state index is 12.3. The van der Waals surface area contributed by atoms with Crippen molar-refractivity contribution in [3.63, 3.8) is 0 Å². The van der Waals surface area contributed by atoms with E-state index in [2.05, 4.69) is 27.3 Å². The third-order valence-electron chi connectivity index (χ3n) is 3.14. The van der Waals surface area contributed by atoms with Gasteiger partial charge in [-0.2, -0.15) is 0 Å². The molecule has 0 aliphatic heterocycles. The molecule has 0 spiro atoms. The lowest BCUT2D eigenvalue weighted by molar-refractivity contribution is 0.581. The summed E-state index contributed by atoms with van der Waals surface area (Å²) in [5.74, 6) is 0. The second-order valence-corrected chi connectivity index (χ2v) is 8.46. The quantitative estimate of drug-likeness (QED) is 0.638. The zero-order valence-corrected chi connectivity index (χ0v) is 14.7. The minimum atomic E-state index is -3.47. The topological polar surface area (TPSA) is 46.2 Å². The SMILES string of the molecule is O=S(=O)(NCc1csc2ccccc12)c1ccc(I)cc1. The summed E-state index contributed by atoms with van der Waals surface area (Å²) in [6, 6.07) is 14.8. The zero-order chi connectivity index (χ0) is 14.9. The third-order valence-corrected chi connectivity index (χ3v) is 6.29. The van der Waals surface area contributed by atoms with Gasteiger partial charge in [-0.15, -0.1) is 11.3 Å². The molecule has 1 heterocycles. The van der Waals surface area contributed by atoms with E-state index in [1.807, 2.05) is 29.6 Å². The molecular weight excluding hydrogens is 417 g/mol. The van der Waals surface area contributed by atoms with Gasteiger partial charge in [0.2, 0.25) is 10.0 Å². The van der Waals surface area contributed by atoms with E-state index in [0.717, 1.165) is 14.5 Å². The molecule has 3 aromatic rings. The summed E-state index contributed by atoms with van der Waals surface area (Å²) in [4.78, 5) is 0.294. The van der Waals surface area contributed by atoms with Gasteiger partial charge in [0, 0.05) is 14.8 Å². The van der Waals surface area contributed by atoms with E-state index in [9.17, 15) is 8.42 Å². The second kappa shape index (κ2) is 6.04. The van der Waals surface area contributed by atoms with Crippen molar-refractivity contribution >= 4 is 54.0 Å². The molecule has 1 N–H and O–H groups in total. The van der Waals surface area contributed by atoms with Crippen LogP contribution in [0.1, 0.15) is 5.56 Å². The molecule has 0 aliphatic rings. The van der Waals surface area contributed by atoms with Crippen LogP contribution < -0.4 is 4.72 Å². The van der Waals surface area contributed by atoms with Crippen LogP contribution in [0.5, 0.6) is 0 Å². The summed E-state index contributed by atoms with van der Waals surface area (Å²) in [5, 5.41) is 3.11. The first-order chi connectivity index (χ1) is 10.1. The van der Waals surface area contributed by atoms with Crippen LogP contribution in [-0.2, 0) is 16.6 Å². The fourth-order valence-corrected chi connectivity index (χ4v) is 4.37. The summed E-state index contributed by atoms with van der Waals surface area (Å²) in [6.45, 7) is 0.304. The normalized spacial score (nSPS) is 11.9. The summed E-state index contributed by atoms with van der Waals surface area (Å²) in [7, 11) is -3.47. The van der Waals surface area contributed by atoms with Crippen LogP contribution in [0.2, 0.25) is 0 Å². The van der Waals surface area contributed by atoms with Gasteiger partial charge in [0.25, 0.3) is 0 Å². The lowest BCUT2D eigenvalue weighted by atomic mass is 10.2. The molecule has 0 unspecified atom stereocenters. The highest BCUT2D eigenvalue weighted by molar-refractivity contribution is 14.1. The Morgan fingerprint density at radius 1 is 1.05 bits per heavy atom. The maximum atomic E-state index is 12.3. The molecule has 0 aliphatic carbocycles. The first-order valence-electron chi connectivity index (χ1n) is 6.26. The lowest BCUT2D eigenvalue weighted by Crippen LogP contribution is -2.23. The molecular formula is C15H12INO2S2. The largest absolute Gasteiger partial charge is 0.240 e. The van der Waals surface area contributed by atoms with Crippen LogP contribution in [0.15, 0.2) is 58.8 Å². The molecule has 0 saturated heterocycles. The van der Waals surface area contributed by atoms with Crippen LogP contribution >= 0.6 is 33.9 Å². The summed E-state index contributed by atoms with van der Waals surface area (Å²) in [6.07, 6.45) is 0. The Morgan fingerprint density at radius 3 is 2.52 bits per heavy atom. The number of thiophene rings is 1. The number of benzene rings is 2. The number of fused-ring (bicyclic) bond motifs is 1. The van der Waals surface area contributed by atoms with Crippen molar-refractivity contribution in [2.45, 2.75) is 11.4 Å². The van der Waals surface area contributed by atoms with Crippen molar-refractivity contribution in [1.29, 1.82) is 0 Å². The molecule has 6 heteroatoms. The van der Waals surface area contributed by atoms with Gasteiger partial charge in [-0.3, -0.25) is 0 Å². The molecule has 0 radical (unpaired) electrons. The molecule has 21 heavy (non-hydrogen) atoms. The van der Waals surface area contributed by atoms with E-state index < -0.39 is 10.0 Å². The smallest absolute Gasteiger partial charge is 0.207 e. The molecule has 1 aromatic heterocycles. The first kappa shape index (κ1) is 15.0. The van der Waals surface area contributed by atoms with Crippen LogP contribution in [0.4, 0.5) is 0 Å². The van der Waals surface area contributed by atoms with Gasteiger partial charge in [0.1, 0.15) is 0 Å². The van der Waals surface area contributed by atoms with Gasteiger partial charge < -0.3 is 0 Å². The molecule has 0 bridgehead atoms. The Hall–Kier alpha value is -0.960. The Morgan fingerprint density at radius 2 is 1.76 bits per heavy atom. The Bertz CT molecular complexity index is 870. The molecule has 0 atom stereocenters. The van der Waals surface area contributed by atoms with E-state index in [4.69, 9.17) is 0 Å². The average molecular weight is 429 g/mol. The molecule has 0 fully saturated rings. The first-order valence-corrected chi connectivity index (χ1v) is 9.71. The predicted molar refractivity (Wildman–Crippen MR) is 95.0 cm³/mol. The minimum Gasteiger partial charge on any atom is -0.207 e. The van der Waals surface area contributed by atoms with E-state index in [1.54, 1.807) is 35.6 Å². The molecule has 3 nitrogen and oxygen atoms in total. The molecule has 108 valence electrons. The molecule has 0 saturated carbocycles. The van der Waals surface area contributed by atoms with Crippen LogP contribution in [-0.4, -0.2) is 8.42 Å². The van der Waals surface area contributed by atoms with Crippen LogP contribution in [0, 0.1) is 3.57 Å². The number of halogens is 1. The molecule has 0 amide bonds. The van der Waals surface area contributed by atoms with Crippen LogP contribution in [0.3, 0.4) is 0 Å². The Balaban J connectivity index is 1.82. The highest BCUT2D eigenvalue weighted by Gasteiger charge is 2.14. The van der Waals surface area contributed by atoms with E-state index in [0.29, 0.717) is 11.4 Å². The number of nitrogens with one attached hydrogen (secondary N) is 1. The number of hydrogen-bond acceptors (Lipinski definition) is 3. The summed E-state index contributed by atoms with van der Waals surface area (Å²) in [5.41, 5.74) is 1.00. The molecule has 2 aromatic carbocycles. The average Bonchev–Trinajstić information content (AvgIpc) is 2.89. The second-order valence-electron chi connectivity index (χ2n) is 4.54. The van der Waals surface area contributed by atoms with Crippen molar-refractivity contribution in [2.24, 2.45) is 0 Å². The van der Waals surface area contributed by atoms with E-state index >= 15 is 0 Å². The minimum absolute atomic E-state index is 0.294. The van der Waals surface area contributed by atoms with Gasteiger partial charge in [0.05, 0.1) is 4.90 Å². The van der Waals surface area contributed by atoms with E-state index in [-0.39, 0.29) is 0 Å². The van der Waals surface area contributed by atoms with Crippen molar-refractivity contribution in [3.8, 4) is 0 Å². The van der Waals surface area contributed by atoms with Gasteiger partial charge in [-0.25, -0.2) is 13.1 Å². The Labute approximate surface area is 141 Å². The number of rotatable bonds is 4. The summed E-state index contributed by atoms with van der Waals surface area (Å²) >= 11 is 3.78. The maximum Gasteiger partial charge on any atom is 0.240 e. The van der Waals surface area contributed by atoms with Crippen molar-refractivity contribution in [2.75, 3.05) is 0 Å². The standard InChI is InChI=1S/C15H12INO2S2/c16-12-5-7-13(8-6-12)21(18,19)17-9-11-10-20-15-4-2-1-3-14(11)15/h1-8,10,17H,9H2. The number of sulfonamides is 1. The Kier molecular flexibility index (Phi) is 4.30. The number of hydrogen-bond donors (Lipinski definition) is 1. The fraction of sp³-hybridized carbons (Fsp3) is 0.0667. The van der Waals surface area contributed by atoms with Crippen molar-refractivity contribution in [3.05, 3.63) is 63.0 Å². The predicted octanol–water partition coefficient (Wildman–Crippen LogP) is 3.98. The van der Waals surface area contributed by atoms with Crippen molar-refractivity contribution < 1.29 is 8.42 Å². The van der Waals surface area contributed by atoms with Crippen LogP contribution in [0.25, 0.3) is 10.1 Å². The fourth-order valence-electron chi connectivity index (χ4n) is 2.04. The van der Waals surface area contributed by atoms with Gasteiger partial charge >= 0.3 is 0 Å². The third kappa shape index (κ3) is 3.28.